The summed E-state index contributed by atoms with van der Waals surface area (Å²) in [6, 6.07) is 10.4. The number of nitrogens with zero attached hydrogens (tertiary/aromatic N) is 1. The van der Waals surface area contributed by atoms with Crippen molar-refractivity contribution in [2.75, 3.05) is 11.9 Å². The van der Waals surface area contributed by atoms with Crippen LogP contribution in [0.15, 0.2) is 36.5 Å². The van der Waals surface area contributed by atoms with Crippen LogP contribution >= 0.6 is 0 Å². The molecular formula is C15H18N2. The van der Waals surface area contributed by atoms with Crippen molar-refractivity contribution < 1.29 is 0 Å². The van der Waals surface area contributed by atoms with Gasteiger partial charge in [-0.05, 0) is 30.9 Å². The van der Waals surface area contributed by atoms with Crippen LogP contribution in [-0.4, -0.2) is 11.5 Å². The first-order valence-electron chi connectivity index (χ1n) is 6.51. The Morgan fingerprint density at radius 1 is 1.12 bits per heavy atom. The number of para-hydroxylation sites is 1. The second-order valence-electron chi connectivity index (χ2n) is 4.91. The molecular weight excluding hydrogens is 208 g/mol. The Labute approximate surface area is 102 Å². The first-order valence-corrected chi connectivity index (χ1v) is 6.51. The Morgan fingerprint density at radius 3 is 2.82 bits per heavy atom. The third-order valence-electron chi connectivity index (χ3n) is 3.70. The Morgan fingerprint density at radius 2 is 1.94 bits per heavy atom. The minimum absolute atomic E-state index is 0.863. The Balaban J connectivity index is 1.79. The summed E-state index contributed by atoms with van der Waals surface area (Å²) in [6.45, 7) is 1.11. The first-order chi connectivity index (χ1) is 8.43. The van der Waals surface area contributed by atoms with Gasteiger partial charge in [-0.15, -0.1) is 0 Å². The Hall–Kier alpha value is -1.57. The molecule has 2 aromatic rings. The summed E-state index contributed by atoms with van der Waals surface area (Å²) in [5.41, 5.74) is 2.30. The third kappa shape index (κ3) is 2.26. The van der Waals surface area contributed by atoms with Gasteiger partial charge in [-0.1, -0.05) is 31.0 Å². The molecule has 1 fully saturated rings. The zero-order valence-corrected chi connectivity index (χ0v) is 10.0. The molecule has 1 saturated carbocycles. The van der Waals surface area contributed by atoms with E-state index in [1.165, 1.54) is 36.8 Å². The van der Waals surface area contributed by atoms with Gasteiger partial charge in [0, 0.05) is 23.8 Å². The van der Waals surface area contributed by atoms with Crippen LogP contribution in [-0.2, 0) is 0 Å². The van der Waals surface area contributed by atoms with Crippen LogP contribution in [0.5, 0.6) is 0 Å². The summed E-state index contributed by atoms with van der Waals surface area (Å²) in [6.07, 6.45) is 7.47. The van der Waals surface area contributed by atoms with Gasteiger partial charge >= 0.3 is 0 Å². The van der Waals surface area contributed by atoms with Gasteiger partial charge in [0.1, 0.15) is 0 Å². The zero-order chi connectivity index (χ0) is 11.5. The second-order valence-corrected chi connectivity index (χ2v) is 4.91. The quantitative estimate of drug-likeness (QED) is 0.860. The highest BCUT2D eigenvalue weighted by Gasteiger charge is 2.14. The van der Waals surface area contributed by atoms with Gasteiger partial charge < -0.3 is 5.32 Å². The van der Waals surface area contributed by atoms with Crippen LogP contribution in [0.4, 0.5) is 5.69 Å². The van der Waals surface area contributed by atoms with Gasteiger partial charge in [0.2, 0.25) is 0 Å². The van der Waals surface area contributed by atoms with Crippen molar-refractivity contribution in [2.24, 2.45) is 5.92 Å². The molecule has 0 unspecified atom stereocenters. The van der Waals surface area contributed by atoms with Crippen molar-refractivity contribution in [1.82, 2.24) is 4.98 Å². The standard InChI is InChI=1S/C15H18N2/c1-2-6-12(5-1)11-17-15-9-10-16-14-8-4-3-7-13(14)15/h3-4,7-10,12H,1-2,5-6,11H2,(H,16,17). The SMILES string of the molecule is c1ccc2c(NCC3CCCC3)ccnc2c1. The van der Waals surface area contributed by atoms with Gasteiger partial charge in [0.25, 0.3) is 0 Å². The Bertz CT molecular complexity index is 496. The fraction of sp³-hybridized carbons (Fsp3) is 0.400. The molecule has 88 valence electrons. The highest BCUT2D eigenvalue weighted by molar-refractivity contribution is 5.90. The summed E-state index contributed by atoms with van der Waals surface area (Å²) in [4.78, 5) is 4.38. The number of fused-ring (bicyclic) bond motifs is 1. The van der Waals surface area contributed by atoms with E-state index in [1.54, 1.807) is 0 Å². The molecule has 1 aromatic heterocycles. The van der Waals surface area contributed by atoms with Crippen LogP contribution in [0.25, 0.3) is 10.9 Å². The van der Waals surface area contributed by atoms with Crippen LogP contribution in [0, 0.1) is 5.92 Å². The van der Waals surface area contributed by atoms with E-state index in [2.05, 4.69) is 34.6 Å². The second kappa shape index (κ2) is 4.74. The number of hydrogen-bond donors (Lipinski definition) is 1. The highest BCUT2D eigenvalue weighted by Crippen LogP contribution is 2.26. The molecule has 2 nitrogen and oxygen atoms in total. The van der Waals surface area contributed by atoms with Crippen LogP contribution < -0.4 is 5.32 Å². The molecule has 0 radical (unpaired) electrons. The molecule has 1 heterocycles. The minimum atomic E-state index is 0.863. The molecule has 1 aliphatic rings. The molecule has 0 bridgehead atoms. The maximum atomic E-state index is 4.38. The summed E-state index contributed by atoms with van der Waals surface area (Å²) >= 11 is 0. The third-order valence-corrected chi connectivity index (χ3v) is 3.70. The van der Waals surface area contributed by atoms with Crippen molar-refractivity contribution in [1.29, 1.82) is 0 Å². The molecule has 0 aliphatic heterocycles. The minimum Gasteiger partial charge on any atom is -0.384 e. The largest absolute Gasteiger partial charge is 0.384 e. The van der Waals surface area contributed by atoms with E-state index >= 15 is 0 Å². The van der Waals surface area contributed by atoms with E-state index in [0.717, 1.165) is 18.0 Å². The molecule has 0 spiro atoms. The number of hydrogen-bond acceptors (Lipinski definition) is 2. The fourth-order valence-corrected chi connectivity index (χ4v) is 2.72. The summed E-state index contributed by atoms with van der Waals surface area (Å²) < 4.78 is 0. The number of aromatic nitrogens is 1. The van der Waals surface area contributed by atoms with Crippen molar-refractivity contribution >= 4 is 16.6 Å². The van der Waals surface area contributed by atoms with Crippen molar-refractivity contribution in [3.8, 4) is 0 Å². The van der Waals surface area contributed by atoms with Crippen molar-refractivity contribution in [2.45, 2.75) is 25.7 Å². The number of nitrogens with one attached hydrogen (secondary N) is 1. The van der Waals surface area contributed by atoms with E-state index in [-0.39, 0.29) is 0 Å². The number of pyridine rings is 1. The number of benzene rings is 1. The van der Waals surface area contributed by atoms with Crippen LogP contribution in [0.3, 0.4) is 0 Å². The van der Waals surface area contributed by atoms with Gasteiger partial charge in [0.05, 0.1) is 5.52 Å². The van der Waals surface area contributed by atoms with E-state index in [0.29, 0.717) is 0 Å². The van der Waals surface area contributed by atoms with Gasteiger partial charge in [-0.2, -0.15) is 0 Å². The lowest BCUT2D eigenvalue weighted by Gasteiger charge is -2.13. The van der Waals surface area contributed by atoms with Crippen LogP contribution in [0.1, 0.15) is 25.7 Å². The predicted octanol–water partition coefficient (Wildman–Crippen LogP) is 3.84. The molecule has 0 atom stereocenters. The van der Waals surface area contributed by atoms with Crippen molar-refractivity contribution in [3.63, 3.8) is 0 Å². The molecule has 17 heavy (non-hydrogen) atoms. The molecule has 0 amide bonds. The smallest absolute Gasteiger partial charge is 0.0722 e. The topological polar surface area (TPSA) is 24.9 Å². The van der Waals surface area contributed by atoms with Gasteiger partial charge in [-0.25, -0.2) is 0 Å². The normalized spacial score (nSPS) is 16.5. The average molecular weight is 226 g/mol. The maximum Gasteiger partial charge on any atom is 0.0722 e. The molecule has 1 N–H and O–H groups in total. The molecule has 0 saturated heterocycles. The number of rotatable bonds is 3. The lowest BCUT2D eigenvalue weighted by atomic mass is 10.1. The lowest BCUT2D eigenvalue weighted by Crippen LogP contribution is -2.11. The zero-order valence-electron chi connectivity index (χ0n) is 10.0. The maximum absolute atomic E-state index is 4.38. The predicted molar refractivity (Wildman–Crippen MR) is 72.2 cm³/mol. The van der Waals surface area contributed by atoms with Crippen LogP contribution in [0.2, 0.25) is 0 Å². The molecule has 2 heteroatoms. The Kier molecular flexibility index (Phi) is 2.95. The number of anilines is 1. The van der Waals surface area contributed by atoms with E-state index in [9.17, 15) is 0 Å². The van der Waals surface area contributed by atoms with E-state index in [1.807, 2.05) is 12.3 Å². The summed E-state index contributed by atoms with van der Waals surface area (Å²) in [7, 11) is 0. The van der Waals surface area contributed by atoms with E-state index in [4.69, 9.17) is 0 Å². The van der Waals surface area contributed by atoms with Crippen molar-refractivity contribution in [3.05, 3.63) is 36.5 Å². The molecule has 1 aromatic carbocycles. The summed E-state index contributed by atoms with van der Waals surface area (Å²) in [5.74, 6) is 0.863. The van der Waals surface area contributed by atoms with Gasteiger partial charge in [-0.3, -0.25) is 4.98 Å². The highest BCUT2D eigenvalue weighted by atomic mass is 14.9. The lowest BCUT2D eigenvalue weighted by molar-refractivity contribution is 0.580. The first kappa shape index (κ1) is 10.6. The molecule has 3 rings (SSSR count). The van der Waals surface area contributed by atoms with Gasteiger partial charge in [0.15, 0.2) is 0 Å². The average Bonchev–Trinajstić information content (AvgIpc) is 2.89. The molecule has 1 aliphatic carbocycles. The monoisotopic (exact) mass is 226 g/mol. The fourth-order valence-electron chi connectivity index (χ4n) is 2.72. The summed E-state index contributed by atoms with van der Waals surface area (Å²) in [5, 5.41) is 4.82. The van der Waals surface area contributed by atoms with E-state index < -0.39 is 0 Å².